The zero-order valence-corrected chi connectivity index (χ0v) is 10.3. The van der Waals surface area contributed by atoms with Crippen molar-refractivity contribution in [1.82, 2.24) is 9.78 Å². The molecular weight excluding hydrogens is 246 g/mol. The summed E-state index contributed by atoms with van der Waals surface area (Å²) in [5, 5.41) is 4.06. The molecule has 2 rings (SSSR count). The molecule has 2 aromatic rings. The Morgan fingerprint density at radius 3 is 2.63 bits per heavy atom. The first-order valence-electron chi connectivity index (χ1n) is 5.68. The maximum atomic E-state index is 11.7. The van der Waals surface area contributed by atoms with Gasteiger partial charge >= 0.3 is 5.97 Å². The topological polar surface area (TPSA) is 87.2 Å². The SMILES string of the molecule is CC(OC(=O)c1cnn(-c2ccccc2)c1)C(N)=O. The molecule has 2 N–H and O–H groups in total. The standard InChI is InChI=1S/C13H13N3O3/c1-9(12(14)17)19-13(18)10-7-15-16(8-10)11-5-3-2-4-6-11/h2-9H,1H3,(H2,14,17). The van der Waals surface area contributed by atoms with Crippen LogP contribution in [-0.4, -0.2) is 27.8 Å². The van der Waals surface area contributed by atoms with E-state index in [2.05, 4.69) is 5.10 Å². The number of primary amides is 1. The summed E-state index contributed by atoms with van der Waals surface area (Å²) >= 11 is 0. The van der Waals surface area contributed by atoms with Gasteiger partial charge in [-0.15, -0.1) is 0 Å². The first kappa shape index (κ1) is 12.8. The van der Waals surface area contributed by atoms with Crippen molar-refractivity contribution >= 4 is 11.9 Å². The Balaban J connectivity index is 2.13. The minimum absolute atomic E-state index is 0.261. The largest absolute Gasteiger partial charge is 0.449 e. The van der Waals surface area contributed by atoms with Gasteiger partial charge in [-0.1, -0.05) is 18.2 Å². The van der Waals surface area contributed by atoms with Crippen LogP contribution in [0.4, 0.5) is 0 Å². The number of esters is 1. The van der Waals surface area contributed by atoms with E-state index in [0.29, 0.717) is 0 Å². The van der Waals surface area contributed by atoms with Gasteiger partial charge in [0.05, 0.1) is 17.4 Å². The third kappa shape index (κ3) is 2.98. The summed E-state index contributed by atoms with van der Waals surface area (Å²) in [6, 6.07) is 9.33. The Morgan fingerprint density at radius 2 is 2.00 bits per heavy atom. The Labute approximate surface area is 109 Å². The first-order valence-corrected chi connectivity index (χ1v) is 5.68. The quantitative estimate of drug-likeness (QED) is 0.826. The lowest BCUT2D eigenvalue weighted by atomic mass is 10.3. The number of nitrogens with two attached hydrogens (primary N) is 1. The number of rotatable bonds is 4. The summed E-state index contributed by atoms with van der Waals surface area (Å²) < 4.78 is 6.43. The van der Waals surface area contributed by atoms with Crippen molar-refractivity contribution in [3.05, 3.63) is 48.3 Å². The minimum atomic E-state index is -0.965. The lowest BCUT2D eigenvalue weighted by Crippen LogP contribution is -2.30. The second-order valence-electron chi connectivity index (χ2n) is 3.96. The number of aromatic nitrogens is 2. The van der Waals surface area contributed by atoms with Gasteiger partial charge in [0.25, 0.3) is 5.91 Å². The molecule has 1 heterocycles. The van der Waals surface area contributed by atoms with E-state index in [1.165, 1.54) is 19.3 Å². The van der Waals surface area contributed by atoms with E-state index in [9.17, 15) is 9.59 Å². The van der Waals surface area contributed by atoms with Gasteiger partial charge in [0, 0.05) is 6.20 Å². The Morgan fingerprint density at radius 1 is 1.32 bits per heavy atom. The average molecular weight is 259 g/mol. The molecule has 6 nitrogen and oxygen atoms in total. The summed E-state index contributed by atoms with van der Waals surface area (Å²) in [5.74, 6) is -1.32. The van der Waals surface area contributed by atoms with Crippen LogP contribution in [0.2, 0.25) is 0 Å². The van der Waals surface area contributed by atoms with Crippen LogP contribution in [0.3, 0.4) is 0 Å². The van der Waals surface area contributed by atoms with Crippen molar-refractivity contribution in [3.8, 4) is 5.69 Å². The van der Waals surface area contributed by atoms with Gasteiger partial charge in [0.15, 0.2) is 6.10 Å². The van der Waals surface area contributed by atoms with Gasteiger partial charge in [0.2, 0.25) is 0 Å². The highest BCUT2D eigenvalue weighted by molar-refractivity contribution is 5.91. The maximum absolute atomic E-state index is 11.7. The summed E-state index contributed by atoms with van der Waals surface area (Å²) in [6.45, 7) is 1.42. The molecule has 6 heteroatoms. The van der Waals surface area contributed by atoms with Crippen LogP contribution in [0, 0.1) is 0 Å². The molecule has 0 fully saturated rings. The summed E-state index contributed by atoms with van der Waals surface area (Å²) in [5.41, 5.74) is 6.11. The highest BCUT2D eigenvalue weighted by Gasteiger charge is 2.17. The second kappa shape index (κ2) is 5.34. The Bertz CT molecular complexity index is 592. The summed E-state index contributed by atoms with van der Waals surface area (Å²) in [7, 11) is 0. The predicted molar refractivity (Wildman–Crippen MR) is 67.6 cm³/mol. The molecule has 0 aliphatic heterocycles. The molecule has 19 heavy (non-hydrogen) atoms. The molecule has 1 unspecified atom stereocenters. The van der Waals surface area contributed by atoms with E-state index >= 15 is 0 Å². The van der Waals surface area contributed by atoms with Crippen LogP contribution in [-0.2, 0) is 9.53 Å². The van der Waals surface area contributed by atoms with Gasteiger partial charge in [-0.25, -0.2) is 9.48 Å². The van der Waals surface area contributed by atoms with Crippen molar-refractivity contribution in [1.29, 1.82) is 0 Å². The molecule has 1 aromatic carbocycles. The molecule has 1 atom stereocenters. The fourth-order valence-electron chi connectivity index (χ4n) is 1.44. The maximum Gasteiger partial charge on any atom is 0.342 e. The third-order valence-electron chi connectivity index (χ3n) is 2.52. The van der Waals surface area contributed by atoms with Gasteiger partial charge in [-0.2, -0.15) is 5.10 Å². The van der Waals surface area contributed by atoms with Crippen molar-refractivity contribution < 1.29 is 14.3 Å². The second-order valence-corrected chi connectivity index (χ2v) is 3.96. The predicted octanol–water partition coefficient (Wildman–Crippen LogP) is 0.903. The Kier molecular flexibility index (Phi) is 3.61. The van der Waals surface area contributed by atoms with Gasteiger partial charge in [-0.3, -0.25) is 4.79 Å². The van der Waals surface area contributed by atoms with E-state index in [1.807, 2.05) is 30.3 Å². The number of benzene rings is 1. The number of ether oxygens (including phenoxy) is 1. The molecule has 1 amide bonds. The van der Waals surface area contributed by atoms with E-state index in [1.54, 1.807) is 4.68 Å². The molecule has 0 bridgehead atoms. The normalized spacial score (nSPS) is 11.8. The van der Waals surface area contributed by atoms with Crippen LogP contribution >= 0.6 is 0 Å². The lowest BCUT2D eigenvalue weighted by molar-refractivity contribution is -0.125. The molecule has 0 radical (unpaired) electrons. The lowest BCUT2D eigenvalue weighted by Gasteiger charge is -2.07. The number of hydrogen-bond acceptors (Lipinski definition) is 4. The molecule has 1 aromatic heterocycles. The molecule has 0 aliphatic carbocycles. The van der Waals surface area contributed by atoms with E-state index in [0.717, 1.165) is 5.69 Å². The third-order valence-corrected chi connectivity index (χ3v) is 2.52. The van der Waals surface area contributed by atoms with Gasteiger partial charge in [0.1, 0.15) is 0 Å². The fourth-order valence-corrected chi connectivity index (χ4v) is 1.44. The minimum Gasteiger partial charge on any atom is -0.449 e. The monoisotopic (exact) mass is 259 g/mol. The molecule has 0 spiro atoms. The number of carbonyl (C=O) groups is 2. The number of nitrogens with zero attached hydrogens (tertiary/aromatic N) is 2. The number of amides is 1. The molecule has 0 saturated heterocycles. The van der Waals surface area contributed by atoms with Crippen molar-refractivity contribution in [2.24, 2.45) is 5.73 Å². The number of carbonyl (C=O) groups excluding carboxylic acids is 2. The van der Waals surface area contributed by atoms with Crippen molar-refractivity contribution in [2.75, 3.05) is 0 Å². The number of para-hydroxylation sites is 1. The summed E-state index contributed by atoms with van der Waals surface area (Å²) in [6.07, 6.45) is 1.95. The first-order chi connectivity index (χ1) is 9.08. The fraction of sp³-hybridized carbons (Fsp3) is 0.154. The molecule has 98 valence electrons. The highest BCUT2D eigenvalue weighted by atomic mass is 16.5. The average Bonchev–Trinajstić information content (AvgIpc) is 2.89. The van der Waals surface area contributed by atoms with E-state index in [-0.39, 0.29) is 5.56 Å². The molecular formula is C13H13N3O3. The summed E-state index contributed by atoms with van der Waals surface area (Å²) in [4.78, 5) is 22.5. The van der Waals surface area contributed by atoms with E-state index < -0.39 is 18.0 Å². The van der Waals surface area contributed by atoms with Crippen LogP contribution in [0.25, 0.3) is 5.69 Å². The zero-order chi connectivity index (χ0) is 13.8. The van der Waals surface area contributed by atoms with Crippen LogP contribution in [0.1, 0.15) is 17.3 Å². The molecule has 0 saturated carbocycles. The van der Waals surface area contributed by atoms with Crippen molar-refractivity contribution in [2.45, 2.75) is 13.0 Å². The zero-order valence-electron chi connectivity index (χ0n) is 10.3. The molecule has 0 aliphatic rings. The van der Waals surface area contributed by atoms with E-state index in [4.69, 9.17) is 10.5 Å². The van der Waals surface area contributed by atoms with Crippen LogP contribution in [0.15, 0.2) is 42.7 Å². The highest BCUT2D eigenvalue weighted by Crippen LogP contribution is 2.09. The van der Waals surface area contributed by atoms with Crippen LogP contribution < -0.4 is 5.73 Å². The van der Waals surface area contributed by atoms with Crippen molar-refractivity contribution in [3.63, 3.8) is 0 Å². The van der Waals surface area contributed by atoms with Gasteiger partial charge in [-0.05, 0) is 19.1 Å². The smallest absolute Gasteiger partial charge is 0.342 e. The Hall–Kier alpha value is -2.63. The number of hydrogen-bond donors (Lipinski definition) is 1. The van der Waals surface area contributed by atoms with Crippen LogP contribution in [0.5, 0.6) is 0 Å². The van der Waals surface area contributed by atoms with Gasteiger partial charge < -0.3 is 10.5 Å².